The molecule has 1 aromatic rings. The fraction of sp³-hybridized carbons (Fsp3) is 0.611. The third-order valence-corrected chi connectivity index (χ3v) is 5.16. The molecule has 2 aliphatic heterocycles. The van der Waals surface area contributed by atoms with Gasteiger partial charge in [0.05, 0.1) is 12.2 Å². The van der Waals surface area contributed by atoms with Gasteiger partial charge in [0.25, 0.3) is 5.91 Å². The number of imide groups is 1. The quantitative estimate of drug-likeness (QED) is 0.512. The standard InChI is InChI=1S/C18H20F5N5O3.ClH/c1-9-25-12-8-27(5-3-11(12)15(26-9)18(21,22)23)14(30)6-10(24)7-28-13(29)2-4-17(19,20)16(28)31;/h10H,2-8,24H2,1H3;1H/t10-;/m0./s1. The van der Waals surface area contributed by atoms with Crippen molar-refractivity contribution in [2.75, 3.05) is 13.1 Å². The Morgan fingerprint density at radius 2 is 1.88 bits per heavy atom. The smallest absolute Gasteiger partial charge is 0.336 e. The minimum absolute atomic E-state index is 0. The molecule has 32 heavy (non-hydrogen) atoms. The molecule has 1 atom stereocenters. The predicted octanol–water partition coefficient (Wildman–Crippen LogP) is 1.61. The monoisotopic (exact) mass is 485 g/mol. The summed E-state index contributed by atoms with van der Waals surface area (Å²) in [5.41, 5.74) is 4.79. The largest absolute Gasteiger partial charge is 0.433 e. The van der Waals surface area contributed by atoms with E-state index in [1.54, 1.807) is 0 Å². The molecule has 0 bridgehead atoms. The van der Waals surface area contributed by atoms with Crippen molar-refractivity contribution in [3.63, 3.8) is 0 Å². The Labute approximate surface area is 185 Å². The second kappa shape index (κ2) is 9.22. The van der Waals surface area contributed by atoms with Crippen LogP contribution in [0.1, 0.15) is 42.0 Å². The topological polar surface area (TPSA) is 109 Å². The summed E-state index contributed by atoms with van der Waals surface area (Å²) in [6, 6.07) is -1.10. The number of hydrogen-bond donors (Lipinski definition) is 1. The number of hydrogen-bond acceptors (Lipinski definition) is 6. The molecule has 3 heterocycles. The Bertz CT molecular complexity index is 927. The van der Waals surface area contributed by atoms with E-state index in [4.69, 9.17) is 5.73 Å². The first-order valence-corrected chi connectivity index (χ1v) is 9.49. The van der Waals surface area contributed by atoms with Gasteiger partial charge in [0, 0.05) is 44.0 Å². The normalized spacial score (nSPS) is 19.3. The molecule has 0 aromatic carbocycles. The molecule has 3 rings (SSSR count). The minimum atomic E-state index is -4.65. The lowest BCUT2D eigenvalue weighted by Crippen LogP contribution is -2.55. The van der Waals surface area contributed by atoms with Crippen LogP contribution in [0.2, 0.25) is 0 Å². The molecular weight excluding hydrogens is 465 g/mol. The molecule has 2 aliphatic rings. The highest BCUT2D eigenvalue weighted by Crippen LogP contribution is 2.34. The van der Waals surface area contributed by atoms with Crippen LogP contribution >= 0.6 is 12.4 Å². The van der Waals surface area contributed by atoms with Crippen LogP contribution in [0.4, 0.5) is 22.0 Å². The van der Waals surface area contributed by atoms with Crippen molar-refractivity contribution < 1.29 is 36.3 Å². The molecule has 1 saturated heterocycles. The predicted molar refractivity (Wildman–Crippen MR) is 102 cm³/mol. The molecule has 0 radical (unpaired) electrons. The van der Waals surface area contributed by atoms with Gasteiger partial charge in [-0.25, -0.2) is 9.97 Å². The van der Waals surface area contributed by atoms with Crippen molar-refractivity contribution in [1.29, 1.82) is 0 Å². The van der Waals surface area contributed by atoms with Gasteiger partial charge in [0.15, 0.2) is 5.69 Å². The van der Waals surface area contributed by atoms with Crippen LogP contribution in [-0.4, -0.2) is 62.5 Å². The number of amides is 3. The van der Waals surface area contributed by atoms with Crippen LogP contribution in [0, 0.1) is 6.92 Å². The summed E-state index contributed by atoms with van der Waals surface area (Å²) in [4.78, 5) is 45.2. The highest BCUT2D eigenvalue weighted by Gasteiger charge is 2.48. The van der Waals surface area contributed by atoms with Gasteiger partial charge in [-0.1, -0.05) is 0 Å². The average Bonchev–Trinajstić information content (AvgIpc) is 2.66. The van der Waals surface area contributed by atoms with E-state index in [9.17, 15) is 36.3 Å². The maximum atomic E-state index is 13.6. The fourth-order valence-corrected chi connectivity index (χ4v) is 3.65. The van der Waals surface area contributed by atoms with E-state index >= 15 is 0 Å². The van der Waals surface area contributed by atoms with Crippen LogP contribution in [0.25, 0.3) is 0 Å². The molecule has 3 amide bonds. The summed E-state index contributed by atoms with van der Waals surface area (Å²) in [6.07, 6.45) is -6.52. The maximum Gasteiger partial charge on any atom is 0.433 e. The van der Waals surface area contributed by atoms with Crippen molar-refractivity contribution in [3.8, 4) is 0 Å². The number of carbonyl (C=O) groups excluding carboxylic acids is 3. The van der Waals surface area contributed by atoms with Crippen molar-refractivity contribution in [2.24, 2.45) is 5.73 Å². The van der Waals surface area contributed by atoms with Gasteiger partial charge >= 0.3 is 12.1 Å². The zero-order chi connectivity index (χ0) is 23.1. The maximum absolute atomic E-state index is 13.6. The molecule has 14 heteroatoms. The molecular formula is C18H21ClF5N5O3. The Morgan fingerprint density at radius 1 is 1.22 bits per heavy atom. The van der Waals surface area contributed by atoms with E-state index in [2.05, 4.69) is 9.97 Å². The number of fused-ring (bicyclic) bond motifs is 1. The van der Waals surface area contributed by atoms with Crippen molar-refractivity contribution in [3.05, 3.63) is 22.8 Å². The van der Waals surface area contributed by atoms with E-state index in [1.165, 1.54) is 11.8 Å². The number of halogens is 6. The molecule has 2 N–H and O–H groups in total. The summed E-state index contributed by atoms with van der Waals surface area (Å²) in [7, 11) is 0. The first-order chi connectivity index (χ1) is 14.3. The van der Waals surface area contributed by atoms with Crippen LogP contribution < -0.4 is 5.73 Å². The zero-order valence-corrected chi connectivity index (χ0v) is 17.7. The second-order valence-corrected chi connectivity index (χ2v) is 7.59. The first-order valence-electron chi connectivity index (χ1n) is 9.49. The lowest BCUT2D eigenvalue weighted by Gasteiger charge is -2.33. The van der Waals surface area contributed by atoms with E-state index in [0.29, 0.717) is 4.90 Å². The summed E-state index contributed by atoms with van der Waals surface area (Å²) < 4.78 is 66.8. The number of nitrogens with zero attached hydrogens (tertiary/aromatic N) is 4. The average molecular weight is 486 g/mol. The van der Waals surface area contributed by atoms with Crippen LogP contribution in [-0.2, 0) is 33.5 Å². The third kappa shape index (κ3) is 5.31. The SMILES string of the molecule is Cc1nc2c(c(C(F)(F)F)n1)CCN(C(=O)C[C@H](N)CN1C(=O)CCC(F)(F)C1=O)C2.Cl. The minimum Gasteiger partial charge on any atom is -0.336 e. The Kier molecular flexibility index (Phi) is 7.45. The van der Waals surface area contributed by atoms with Crippen molar-refractivity contribution in [2.45, 2.75) is 57.3 Å². The zero-order valence-electron chi connectivity index (χ0n) is 16.9. The lowest BCUT2D eigenvalue weighted by molar-refractivity contribution is -0.172. The van der Waals surface area contributed by atoms with Crippen LogP contribution in [0.5, 0.6) is 0 Å². The molecule has 0 saturated carbocycles. The number of piperidine rings is 1. The van der Waals surface area contributed by atoms with Gasteiger partial charge in [0.2, 0.25) is 11.8 Å². The molecule has 1 fully saturated rings. The van der Waals surface area contributed by atoms with Crippen molar-refractivity contribution >= 4 is 30.1 Å². The molecule has 1 aromatic heterocycles. The number of carbonyl (C=O) groups is 3. The van der Waals surface area contributed by atoms with Gasteiger partial charge in [-0.05, 0) is 13.3 Å². The number of nitrogens with two attached hydrogens (primary N) is 1. The van der Waals surface area contributed by atoms with E-state index < -0.39 is 60.9 Å². The summed E-state index contributed by atoms with van der Waals surface area (Å²) in [6.45, 7) is 0.540. The molecule has 8 nitrogen and oxygen atoms in total. The highest BCUT2D eigenvalue weighted by atomic mass is 35.5. The highest BCUT2D eigenvalue weighted by molar-refractivity contribution is 6.01. The van der Waals surface area contributed by atoms with Gasteiger partial charge in [-0.15, -0.1) is 12.4 Å². The Hall–Kier alpha value is -2.41. The van der Waals surface area contributed by atoms with Gasteiger partial charge < -0.3 is 10.6 Å². The number of aryl methyl sites for hydroxylation is 1. The van der Waals surface area contributed by atoms with Crippen LogP contribution in [0.3, 0.4) is 0 Å². The second-order valence-electron chi connectivity index (χ2n) is 7.59. The molecule has 0 aliphatic carbocycles. The lowest BCUT2D eigenvalue weighted by atomic mass is 10.0. The first kappa shape index (κ1) is 25.8. The van der Waals surface area contributed by atoms with E-state index in [-0.39, 0.29) is 55.4 Å². The van der Waals surface area contributed by atoms with Crippen molar-refractivity contribution in [1.82, 2.24) is 19.8 Å². The third-order valence-electron chi connectivity index (χ3n) is 5.16. The summed E-state index contributed by atoms with van der Waals surface area (Å²) in [5, 5.41) is 0. The summed E-state index contributed by atoms with van der Waals surface area (Å²) in [5.74, 6) is -6.74. The van der Waals surface area contributed by atoms with Crippen LogP contribution in [0.15, 0.2) is 0 Å². The van der Waals surface area contributed by atoms with Gasteiger partial charge in [-0.2, -0.15) is 22.0 Å². The fourth-order valence-electron chi connectivity index (χ4n) is 3.65. The Morgan fingerprint density at radius 3 is 2.50 bits per heavy atom. The molecule has 178 valence electrons. The number of aromatic nitrogens is 2. The Balaban J connectivity index is 0.00000363. The number of alkyl halides is 5. The number of likely N-dealkylation sites (tertiary alicyclic amines) is 1. The molecule has 0 spiro atoms. The van der Waals surface area contributed by atoms with E-state index in [0.717, 1.165) is 0 Å². The summed E-state index contributed by atoms with van der Waals surface area (Å²) >= 11 is 0. The molecule has 0 unspecified atom stereocenters. The number of rotatable bonds is 4. The van der Waals surface area contributed by atoms with Gasteiger partial charge in [0.1, 0.15) is 5.82 Å². The van der Waals surface area contributed by atoms with E-state index in [1.807, 2.05) is 0 Å². The van der Waals surface area contributed by atoms with Gasteiger partial charge in [-0.3, -0.25) is 19.3 Å².